The first-order valence-corrected chi connectivity index (χ1v) is 9.09. The maximum Gasteiger partial charge on any atom is 0.161 e. The lowest BCUT2D eigenvalue weighted by Crippen LogP contribution is -2.88. The average Bonchev–Trinajstić information content (AvgIpc) is 2.56. The molecule has 0 aromatic heterocycles. The van der Waals surface area contributed by atoms with Crippen LogP contribution in [0.25, 0.3) is 0 Å². The topological polar surface area (TPSA) is 35.1 Å². The standard InChI is InChI=1S/C19H29NO2/c1-3-21-17-12-15-10-11-20-19(14-8-6-5-7-9-14)16(15)13-18(17)22-4-2/h12-14,19-20H,3-11H2,1-2H3/p+1/t19-/m1/s1. The molecule has 0 bridgehead atoms. The molecule has 3 heteroatoms. The van der Waals surface area contributed by atoms with E-state index in [-0.39, 0.29) is 0 Å². The summed E-state index contributed by atoms with van der Waals surface area (Å²) in [5.41, 5.74) is 2.98. The third-order valence-electron chi connectivity index (χ3n) is 5.16. The van der Waals surface area contributed by atoms with Crippen molar-refractivity contribution >= 4 is 0 Å². The van der Waals surface area contributed by atoms with E-state index in [0.717, 1.165) is 23.8 Å². The van der Waals surface area contributed by atoms with Gasteiger partial charge in [-0.25, -0.2) is 0 Å². The Hall–Kier alpha value is -1.22. The molecule has 0 radical (unpaired) electrons. The fourth-order valence-electron chi connectivity index (χ4n) is 4.17. The molecule has 1 aliphatic heterocycles. The van der Waals surface area contributed by atoms with Crippen LogP contribution in [-0.2, 0) is 6.42 Å². The molecule has 2 N–H and O–H groups in total. The first-order chi connectivity index (χ1) is 10.8. The van der Waals surface area contributed by atoms with Gasteiger partial charge in [-0.1, -0.05) is 19.3 Å². The molecule has 1 aliphatic carbocycles. The van der Waals surface area contributed by atoms with Gasteiger partial charge in [0.25, 0.3) is 0 Å². The highest BCUT2D eigenvalue weighted by Gasteiger charge is 2.33. The van der Waals surface area contributed by atoms with Crippen LogP contribution in [0.5, 0.6) is 11.5 Å². The highest BCUT2D eigenvalue weighted by Crippen LogP contribution is 2.39. The SMILES string of the molecule is CCOc1cc2c(cc1OCC)[C@@H](C1CCCCC1)[NH2+]CC2. The van der Waals surface area contributed by atoms with Gasteiger partial charge in [-0.2, -0.15) is 0 Å². The Morgan fingerprint density at radius 2 is 1.68 bits per heavy atom. The summed E-state index contributed by atoms with van der Waals surface area (Å²) in [6, 6.07) is 5.14. The zero-order valence-electron chi connectivity index (χ0n) is 14.1. The van der Waals surface area contributed by atoms with Gasteiger partial charge in [0.15, 0.2) is 11.5 Å². The maximum absolute atomic E-state index is 5.85. The van der Waals surface area contributed by atoms with Crippen molar-refractivity contribution in [3.63, 3.8) is 0 Å². The number of rotatable bonds is 5. The van der Waals surface area contributed by atoms with Crippen LogP contribution in [0.3, 0.4) is 0 Å². The maximum atomic E-state index is 5.85. The van der Waals surface area contributed by atoms with Crippen LogP contribution in [0.2, 0.25) is 0 Å². The van der Waals surface area contributed by atoms with E-state index in [9.17, 15) is 0 Å². The van der Waals surface area contributed by atoms with Gasteiger partial charge >= 0.3 is 0 Å². The van der Waals surface area contributed by atoms with Crippen molar-refractivity contribution in [3.8, 4) is 11.5 Å². The largest absolute Gasteiger partial charge is 0.490 e. The van der Waals surface area contributed by atoms with Crippen molar-refractivity contribution < 1.29 is 14.8 Å². The summed E-state index contributed by atoms with van der Waals surface area (Å²) >= 11 is 0. The third-order valence-corrected chi connectivity index (χ3v) is 5.16. The molecule has 0 unspecified atom stereocenters. The van der Waals surface area contributed by atoms with Crippen LogP contribution in [0, 0.1) is 5.92 Å². The molecule has 1 aromatic rings. The van der Waals surface area contributed by atoms with Gasteiger partial charge in [0.05, 0.1) is 19.8 Å². The predicted octanol–water partition coefficient (Wildman–Crippen LogP) is 3.22. The molecule has 1 atom stereocenters. The molecule has 0 saturated heterocycles. The summed E-state index contributed by atoms with van der Waals surface area (Å²) in [4.78, 5) is 0. The molecule has 3 rings (SSSR count). The molecule has 1 saturated carbocycles. The molecule has 0 spiro atoms. The van der Waals surface area contributed by atoms with Gasteiger partial charge in [-0.3, -0.25) is 0 Å². The number of fused-ring (bicyclic) bond motifs is 1. The number of ether oxygens (including phenoxy) is 2. The fourth-order valence-corrected chi connectivity index (χ4v) is 4.17. The van der Waals surface area contributed by atoms with Crippen molar-refractivity contribution in [1.29, 1.82) is 0 Å². The molecule has 3 nitrogen and oxygen atoms in total. The van der Waals surface area contributed by atoms with Gasteiger partial charge in [-0.15, -0.1) is 0 Å². The predicted molar refractivity (Wildman–Crippen MR) is 88.6 cm³/mol. The van der Waals surface area contributed by atoms with Crippen LogP contribution in [-0.4, -0.2) is 19.8 Å². The van der Waals surface area contributed by atoms with E-state index in [0.29, 0.717) is 19.3 Å². The van der Waals surface area contributed by atoms with Crippen LogP contribution in [0.15, 0.2) is 12.1 Å². The van der Waals surface area contributed by atoms with Crippen molar-refractivity contribution in [2.45, 2.75) is 58.4 Å². The van der Waals surface area contributed by atoms with Gasteiger partial charge in [0, 0.05) is 17.9 Å². The number of hydrogen-bond donors (Lipinski definition) is 1. The normalized spacial score (nSPS) is 22.2. The van der Waals surface area contributed by atoms with Crippen molar-refractivity contribution in [2.24, 2.45) is 5.92 Å². The summed E-state index contributed by atoms with van der Waals surface area (Å²) in [5.74, 6) is 2.69. The summed E-state index contributed by atoms with van der Waals surface area (Å²) in [6.07, 6.45) is 8.14. The Bertz CT molecular complexity index is 494. The number of benzene rings is 1. The second-order valence-electron chi connectivity index (χ2n) is 6.56. The van der Waals surface area contributed by atoms with Gasteiger partial charge in [0.1, 0.15) is 6.04 Å². The Labute approximate surface area is 134 Å². The third kappa shape index (κ3) is 3.24. The molecule has 1 heterocycles. The van der Waals surface area contributed by atoms with E-state index >= 15 is 0 Å². The van der Waals surface area contributed by atoms with Gasteiger partial charge < -0.3 is 14.8 Å². The first-order valence-electron chi connectivity index (χ1n) is 9.09. The molecule has 0 amide bonds. The highest BCUT2D eigenvalue weighted by atomic mass is 16.5. The lowest BCUT2D eigenvalue weighted by atomic mass is 9.78. The van der Waals surface area contributed by atoms with Crippen LogP contribution >= 0.6 is 0 Å². The van der Waals surface area contributed by atoms with E-state index in [2.05, 4.69) is 17.4 Å². The lowest BCUT2D eigenvalue weighted by molar-refractivity contribution is -0.706. The Morgan fingerprint density at radius 3 is 2.36 bits per heavy atom. The zero-order chi connectivity index (χ0) is 15.4. The monoisotopic (exact) mass is 304 g/mol. The second-order valence-corrected chi connectivity index (χ2v) is 6.56. The van der Waals surface area contributed by atoms with E-state index in [4.69, 9.17) is 9.47 Å². The summed E-state index contributed by atoms with van der Waals surface area (Å²) in [7, 11) is 0. The van der Waals surface area contributed by atoms with E-state index < -0.39 is 0 Å². The Kier molecular flexibility index (Phi) is 5.24. The number of hydrogen-bond acceptors (Lipinski definition) is 2. The summed E-state index contributed by atoms with van der Waals surface area (Å²) in [5, 5.41) is 2.56. The lowest BCUT2D eigenvalue weighted by Gasteiger charge is -2.33. The molecule has 22 heavy (non-hydrogen) atoms. The second kappa shape index (κ2) is 7.36. The van der Waals surface area contributed by atoms with Crippen LogP contribution < -0.4 is 14.8 Å². The van der Waals surface area contributed by atoms with Crippen molar-refractivity contribution in [1.82, 2.24) is 0 Å². The molecule has 1 aromatic carbocycles. The molecule has 2 aliphatic rings. The zero-order valence-corrected chi connectivity index (χ0v) is 14.1. The Balaban J connectivity index is 1.92. The van der Waals surface area contributed by atoms with Gasteiger partial charge in [0.2, 0.25) is 0 Å². The van der Waals surface area contributed by atoms with E-state index in [1.807, 2.05) is 13.8 Å². The Morgan fingerprint density at radius 1 is 1.00 bits per heavy atom. The van der Waals surface area contributed by atoms with Crippen molar-refractivity contribution in [2.75, 3.05) is 19.8 Å². The highest BCUT2D eigenvalue weighted by molar-refractivity contribution is 5.49. The molecule has 122 valence electrons. The van der Waals surface area contributed by atoms with Crippen LogP contribution in [0.1, 0.15) is 63.1 Å². The minimum Gasteiger partial charge on any atom is -0.490 e. The first kappa shape index (κ1) is 15.7. The fraction of sp³-hybridized carbons (Fsp3) is 0.684. The smallest absolute Gasteiger partial charge is 0.161 e. The van der Waals surface area contributed by atoms with Gasteiger partial charge in [-0.05, 0) is 44.4 Å². The number of quaternary nitrogens is 1. The quantitative estimate of drug-likeness (QED) is 0.906. The van der Waals surface area contributed by atoms with Crippen molar-refractivity contribution in [3.05, 3.63) is 23.3 Å². The van der Waals surface area contributed by atoms with E-state index in [1.165, 1.54) is 49.8 Å². The number of nitrogens with two attached hydrogens (primary N) is 1. The molecule has 1 fully saturated rings. The summed E-state index contributed by atoms with van der Waals surface area (Å²) < 4.78 is 11.7. The minimum absolute atomic E-state index is 0.624. The van der Waals surface area contributed by atoms with Crippen LogP contribution in [0.4, 0.5) is 0 Å². The minimum atomic E-state index is 0.624. The average molecular weight is 304 g/mol. The van der Waals surface area contributed by atoms with E-state index in [1.54, 1.807) is 0 Å². The molecular formula is C19H30NO2+. The molecular weight excluding hydrogens is 274 g/mol. The summed E-state index contributed by atoms with van der Waals surface area (Å²) in [6.45, 7) is 6.66.